The molecule has 2 aliphatic heterocycles. The number of carbonyl (C=O) groups is 2. The van der Waals surface area contributed by atoms with Crippen LogP contribution in [-0.2, 0) is 17.6 Å². The van der Waals surface area contributed by atoms with Crippen LogP contribution in [0.4, 0.5) is 0 Å². The van der Waals surface area contributed by atoms with Crippen LogP contribution >= 0.6 is 11.3 Å². The molecule has 0 N–H and O–H groups in total. The van der Waals surface area contributed by atoms with E-state index in [1.165, 1.54) is 29.7 Å². The smallest absolute Gasteiger partial charge is 0.263 e. The minimum absolute atomic E-state index is 0.195. The van der Waals surface area contributed by atoms with Gasteiger partial charge in [0.25, 0.3) is 5.91 Å². The summed E-state index contributed by atoms with van der Waals surface area (Å²) < 4.78 is 0. The van der Waals surface area contributed by atoms with Crippen molar-refractivity contribution in [2.24, 2.45) is 0 Å². The summed E-state index contributed by atoms with van der Waals surface area (Å²) in [6.45, 7) is 5.58. The van der Waals surface area contributed by atoms with E-state index in [1.54, 1.807) is 11.3 Å². The lowest BCUT2D eigenvalue weighted by Gasteiger charge is -2.23. The van der Waals surface area contributed by atoms with Gasteiger partial charge in [-0.1, -0.05) is 6.42 Å². The van der Waals surface area contributed by atoms with Crippen molar-refractivity contribution in [1.82, 2.24) is 14.7 Å². The van der Waals surface area contributed by atoms with Gasteiger partial charge in [0.1, 0.15) is 0 Å². The monoisotopic (exact) mass is 389 g/mol. The predicted octanol–water partition coefficient (Wildman–Crippen LogP) is 2.79. The van der Waals surface area contributed by atoms with Crippen molar-refractivity contribution in [1.29, 1.82) is 0 Å². The molecule has 0 saturated carbocycles. The van der Waals surface area contributed by atoms with Gasteiger partial charge in [-0.2, -0.15) is 0 Å². The summed E-state index contributed by atoms with van der Waals surface area (Å²) in [5.74, 6) is 0.454. The summed E-state index contributed by atoms with van der Waals surface area (Å²) >= 11 is 1.72. The van der Waals surface area contributed by atoms with E-state index in [-0.39, 0.29) is 11.8 Å². The Morgan fingerprint density at radius 1 is 0.815 bits per heavy atom. The van der Waals surface area contributed by atoms with Crippen molar-refractivity contribution in [3.8, 4) is 0 Å². The van der Waals surface area contributed by atoms with Gasteiger partial charge in [-0.05, 0) is 56.6 Å². The fourth-order valence-corrected chi connectivity index (χ4v) is 5.74. The Labute approximate surface area is 166 Å². The van der Waals surface area contributed by atoms with Gasteiger partial charge >= 0.3 is 0 Å². The quantitative estimate of drug-likeness (QED) is 0.747. The maximum absolute atomic E-state index is 13.0. The summed E-state index contributed by atoms with van der Waals surface area (Å²) in [6, 6.07) is 2.16. The van der Waals surface area contributed by atoms with Gasteiger partial charge in [0, 0.05) is 44.1 Å². The Balaban J connectivity index is 1.33. The highest BCUT2D eigenvalue weighted by Crippen LogP contribution is 2.30. The largest absolute Gasteiger partial charge is 0.342 e. The molecule has 0 spiro atoms. The summed E-state index contributed by atoms with van der Waals surface area (Å²) in [5.41, 5.74) is 1.41. The molecule has 148 valence electrons. The number of thiophene rings is 1. The molecule has 2 amide bonds. The molecule has 0 aromatic carbocycles. The standard InChI is InChI=1S/C21H31N3O2S/c25-20(23-10-4-5-11-23)16-22-9-6-12-24(14-13-22)21(26)19-15-17-7-2-1-3-8-18(17)27-19/h15H,1-14,16H2. The number of rotatable bonds is 3. The fraction of sp³-hybridized carbons (Fsp3) is 0.714. The van der Waals surface area contributed by atoms with Crippen LogP contribution in [0.15, 0.2) is 6.07 Å². The highest BCUT2D eigenvalue weighted by molar-refractivity contribution is 7.14. The molecule has 3 aliphatic rings. The minimum Gasteiger partial charge on any atom is -0.342 e. The number of carbonyl (C=O) groups excluding carboxylic acids is 2. The second kappa shape index (κ2) is 8.74. The van der Waals surface area contributed by atoms with E-state index in [1.807, 2.05) is 9.80 Å². The van der Waals surface area contributed by atoms with Crippen molar-refractivity contribution in [2.45, 2.75) is 51.4 Å². The SMILES string of the molecule is O=C(CN1CCCN(C(=O)c2cc3c(s2)CCCCC3)CC1)N1CCCC1. The van der Waals surface area contributed by atoms with Crippen LogP contribution < -0.4 is 0 Å². The molecule has 5 nitrogen and oxygen atoms in total. The number of hydrogen-bond donors (Lipinski definition) is 0. The Morgan fingerprint density at radius 2 is 1.59 bits per heavy atom. The third-order valence-corrected chi connectivity index (χ3v) is 7.38. The zero-order chi connectivity index (χ0) is 18.6. The minimum atomic E-state index is 0.195. The highest BCUT2D eigenvalue weighted by atomic mass is 32.1. The lowest BCUT2D eigenvalue weighted by atomic mass is 10.1. The van der Waals surface area contributed by atoms with E-state index >= 15 is 0 Å². The third kappa shape index (κ3) is 4.54. The Hall–Kier alpha value is -1.40. The first kappa shape index (κ1) is 18.9. The van der Waals surface area contributed by atoms with E-state index < -0.39 is 0 Å². The van der Waals surface area contributed by atoms with E-state index in [9.17, 15) is 9.59 Å². The van der Waals surface area contributed by atoms with Crippen LogP contribution in [-0.4, -0.2) is 72.3 Å². The average Bonchev–Trinajstić information content (AvgIpc) is 3.23. The highest BCUT2D eigenvalue weighted by Gasteiger charge is 2.25. The second-order valence-corrected chi connectivity index (χ2v) is 9.27. The molecule has 1 aliphatic carbocycles. The van der Waals surface area contributed by atoms with E-state index in [0.717, 1.165) is 76.2 Å². The molecule has 0 unspecified atom stereocenters. The van der Waals surface area contributed by atoms with Crippen LogP contribution in [0.1, 0.15) is 58.6 Å². The first-order valence-corrected chi connectivity index (χ1v) is 11.4. The number of hydrogen-bond acceptors (Lipinski definition) is 4. The van der Waals surface area contributed by atoms with E-state index in [4.69, 9.17) is 0 Å². The Bertz CT molecular complexity index is 657. The fourth-order valence-electron chi connectivity index (χ4n) is 4.52. The molecule has 1 aromatic heterocycles. The van der Waals surface area contributed by atoms with E-state index in [0.29, 0.717) is 6.54 Å². The van der Waals surface area contributed by atoms with Crippen molar-refractivity contribution in [3.63, 3.8) is 0 Å². The molecule has 4 rings (SSSR count). The van der Waals surface area contributed by atoms with Gasteiger partial charge in [0.05, 0.1) is 11.4 Å². The maximum Gasteiger partial charge on any atom is 0.263 e. The van der Waals surface area contributed by atoms with Gasteiger partial charge in [-0.15, -0.1) is 11.3 Å². The summed E-state index contributed by atoms with van der Waals surface area (Å²) in [7, 11) is 0. The molecule has 0 bridgehead atoms. The van der Waals surface area contributed by atoms with Gasteiger partial charge in [-0.3, -0.25) is 14.5 Å². The van der Waals surface area contributed by atoms with Crippen molar-refractivity contribution in [3.05, 3.63) is 21.4 Å². The molecule has 0 radical (unpaired) electrons. The van der Waals surface area contributed by atoms with Crippen LogP contribution in [0.5, 0.6) is 0 Å². The molecule has 27 heavy (non-hydrogen) atoms. The predicted molar refractivity (Wildman–Crippen MR) is 108 cm³/mol. The van der Waals surface area contributed by atoms with E-state index in [2.05, 4.69) is 11.0 Å². The molecule has 3 heterocycles. The normalized spacial score (nSPS) is 21.6. The zero-order valence-electron chi connectivity index (χ0n) is 16.3. The van der Waals surface area contributed by atoms with Gasteiger partial charge in [0.2, 0.25) is 5.91 Å². The second-order valence-electron chi connectivity index (χ2n) is 8.13. The number of nitrogens with zero attached hydrogens (tertiary/aromatic N) is 3. The lowest BCUT2D eigenvalue weighted by molar-refractivity contribution is -0.131. The number of likely N-dealkylation sites (tertiary alicyclic amines) is 1. The third-order valence-electron chi connectivity index (χ3n) is 6.15. The molecule has 2 fully saturated rings. The summed E-state index contributed by atoms with van der Waals surface area (Å²) in [5, 5.41) is 0. The first-order chi connectivity index (χ1) is 13.2. The molecule has 1 aromatic rings. The molecular formula is C21H31N3O2S. The molecular weight excluding hydrogens is 358 g/mol. The zero-order valence-corrected chi connectivity index (χ0v) is 17.1. The summed E-state index contributed by atoms with van der Waals surface area (Å²) in [6.07, 6.45) is 9.31. The molecule has 0 atom stereocenters. The Morgan fingerprint density at radius 3 is 2.44 bits per heavy atom. The summed E-state index contributed by atoms with van der Waals surface area (Å²) in [4.78, 5) is 34.0. The number of amides is 2. The van der Waals surface area contributed by atoms with Crippen molar-refractivity contribution in [2.75, 3.05) is 45.8 Å². The maximum atomic E-state index is 13.0. The Kier molecular flexibility index (Phi) is 6.13. The van der Waals surface area contributed by atoms with Crippen molar-refractivity contribution < 1.29 is 9.59 Å². The topological polar surface area (TPSA) is 43.9 Å². The molecule has 2 saturated heterocycles. The number of fused-ring (bicyclic) bond motifs is 1. The van der Waals surface area contributed by atoms with Crippen LogP contribution in [0.2, 0.25) is 0 Å². The number of aryl methyl sites for hydroxylation is 2. The first-order valence-electron chi connectivity index (χ1n) is 10.6. The van der Waals surface area contributed by atoms with Crippen LogP contribution in [0.3, 0.4) is 0 Å². The van der Waals surface area contributed by atoms with Crippen LogP contribution in [0, 0.1) is 0 Å². The average molecular weight is 390 g/mol. The van der Waals surface area contributed by atoms with Crippen molar-refractivity contribution >= 4 is 23.2 Å². The van der Waals surface area contributed by atoms with Gasteiger partial charge in [0.15, 0.2) is 0 Å². The van der Waals surface area contributed by atoms with Gasteiger partial charge in [-0.25, -0.2) is 0 Å². The van der Waals surface area contributed by atoms with Gasteiger partial charge < -0.3 is 9.80 Å². The molecule has 6 heteroatoms. The lowest BCUT2D eigenvalue weighted by Crippen LogP contribution is -2.41. The van der Waals surface area contributed by atoms with Crippen LogP contribution in [0.25, 0.3) is 0 Å².